The van der Waals surface area contributed by atoms with Gasteiger partial charge in [-0.3, -0.25) is 0 Å². The van der Waals surface area contributed by atoms with Crippen LogP contribution >= 0.6 is 11.8 Å². The summed E-state index contributed by atoms with van der Waals surface area (Å²) >= 11 is 1.42. The van der Waals surface area contributed by atoms with Crippen LogP contribution in [0.4, 0.5) is 0 Å². The van der Waals surface area contributed by atoms with E-state index in [1.165, 1.54) is 27.8 Å². The fourth-order valence-corrected chi connectivity index (χ4v) is 5.29. The summed E-state index contributed by atoms with van der Waals surface area (Å²) in [5.74, 6) is 1.51. The summed E-state index contributed by atoms with van der Waals surface area (Å²) < 4.78 is 32.4. The van der Waals surface area contributed by atoms with Crippen LogP contribution in [0.15, 0.2) is 57.0 Å². The molecule has 0 amide bonds. The Hall–Kier alpha value is -2.27. The van der Waals surface area contributed by atoms with Crippen molar-refractivity contribution in [3.63, 3.8) is 0 Å². The zero-order valence-corrected chi connectivity index (χ0v) is 19.2. The number of thioether (sulfide) groups is 1. The number of hydrogen-bond acceptors (Lipinski definition) is 8. The molecular formula is C21H25N5O3S2. The normalized spacial score (nSPS) is 15.9. The topological polar surface area (TPSA) is 92.4 Å². The van der Waals surface area contributed by atoms with Crippen molar-refractivity contribution in [3.05, 3.63) is 54.0 Å². The smallest absolute Gasteiger partial charge is 0.244 e. The SMILES string of the molecule is CCc1ccc(-c2noc(CSc3ccc(S(=O)(=O)N4CCN(C)CC4)cn3)n2)cc1. The van der Waals surface area contributed by atoms with E-state index in [0.29, 0.717) is 35.6 Å². The third-order valence-electron chi connectivity index (χ3n) is 5.24. The molecule has 0 radical (unpaired) electrons. The van der Waals surface area contributed by atoms with Gasteiger partial charge in [0.1, 0.15) is 4.90 Å². The average Bonchev–Trinajstić information content (AvgIpc) is 3.27. The molecule has 1 saturated heterocycles. The lowest BCUT2D eigenvalue weighted by atomic mass is 10.1. The number of aryl methyl sites for hydroxylation is 1. The van der Waals surface area contributed by atoms with Crippen LogP contribution in [-0.4, -0.2) is 66.0 Å². The Morgan fingerprint density at radius 1 is 1.06 bits per heavy atom. The summed E-state index contributed by atoms with van der Waals surface area (Å²) in [5.41, 5.74) is 2.17. The van der Waals surface area contributed by atoms with Crippen LogP contribution in [0, 0.1) is 0 Å². The molecule has 10 heteroatoms. The Labute approximate surface area is 186 Å². The Balaban J connectivity index is 1.37. The second-order valence-corrected chi connectivity index (χ2v) is 10.3. The number of likely N-dealkylation sites (N-methyl/N-ethyl adjacent to an activating group) is 1. The molecule has 0 N–H and O–H groups in total. The molecule has 1 aromatic carbocycles. The first-order valence-electron chi connectivity index (χ1n) is 10.1. The molecule has 4 rings (SSSR count). The van der Waals surface area contributed by atoms with E-state index in [4.69, 9.17) is 4.52 Å². The van der Waals surface area contributed by atoms with E-state index in [1.807, 2.05) is 19.2 Å². The highest BCUT2D eigenvalue weighted by atomic mass is 32.2. The Kier molecular flexibility index (Phi) is 6.71. The second-order valence-electron chi connectivity index (χ2n) is 7.39. The van der Waals surface area contributed by atoms with Crippen molar-refractivity contribution in [3.8, 4) is 11.4 Å². The molecular weight excluding hydrogens is 434 g/mol. The fourth-order valence-electron chi connectivity index (χ4n) is 3.24. The minimum Gasteiger partial charge on any atom is -0.338 e. The van der Waals surface area contributed by atoms with Crippen molar-refractivity contribution in [2.75, 3.05) is 33.2 Å². The molecule has 8 nitrogen and oxygen atoms in total. The molecule has 0 aliphatic carbocycles. The molecule has 3 aromatic rings. The lowest BCUT2D eigenvalue weighted by Gasteiger charge is -2.31. The van der Waals surface area contributed by atoms with E-state index in [1.54, 1.807) is 12.1 Å². The van der Waals surface area contributed by atoms with Crippen LogP contribution in [0.5, 0.6) is 0 Å². The number of aromatic nitrogens is 3. The van der Waals surface area contributed by atoms with Gasteiger partial charge < -0.3 is 9.42 Å². The molecule has 1 fully saturated rings. The monoisotopic (exact) mass is 459 g/mol. The van der Waals surface area contributed by atoms with Gasteiger partial charge in [0, 0.05) is 37.9 Å². The van der Waals surface area contributed by atoms with Gasteiger partial charge in [-0.15, -0.1) is 0 Å². The molecule has 0 bridgehead atoms. The van der Waals surface area contributed by atoms with E-state index in [0.717, 1.165) is 25.1 Å². The van der Waals surface area contributed by atoms with Crippen molar-refractivity contribution in [1.82, 2.24) is 24.3 Å². The zero-order valence-electron chi connectivity index (χ0n) is 17.6. The van der Waals surface area contributed by atoms with Gasteiger partial charge in [-0.25, -0.2) is 13.4 Å². The number of nitrogens with zero attached hydrogens (tertiary/aromatic N) is 5. The lowest BCUT2D eigenvalue weighted by Crippen LogP contribution is -2.47. The molecule has 0 unspecified atom stereocenters. The van der Waals surface area contributed by atoms with Crippen LogP contribution in [-0.2, 0) is 22.2 Å². The first-order valence-corrected chi connectivity index (χ1v) is 12.6. The molecule has 3 heterocycles. The quantitative estimate of drug-likeness (QED) is 0.498. The van der Waals surface area contributed by atoms with Crippen LogP contribution in [0.2, 0.25) is 0 Å². The van der Waals surface area contributed by atoms with Gasteiger partial charge in [-0.2, -0.15) is 9.29 Å². The van der Waals surface area contributed by atoms with Gasteiger partial charge in [-0.1, -0.05) is 48.1 Å². The Morgan fingerprint density at radius 3 is 2.45 bits per heavy atom. The Bertz CT molecular complexity index is 1110. The van der Waals surface area contributed by atoms with Crippen molar-refractivity contribution >= 4 is 21.8 Å². The number of benzene rings is 1. The number of sulfonamides is 1. The zero-order chi connectivity index (χ0) is 21.8. The largest absolute Gasteiger partial charge is 0.338 e. The van der Waals surface area contributed by atoms with Crippen LogP contribution < -0.4 is 0 Å². The maximum absolute atomic E-state index is 12.8. The van der Waals surface area contributed by atoms with E-state index >= 15 is 0 Å². The predicted molar refractivity (Wildman–Crippen MR) is 119 cm³/mol. The summed E-state index contributed by atoms with van der Waals surface area (Å²) in [6, 6.07) is 11.4. The van der Waals surface area contributed by atoms with Crippen LogP contribution in [0.3, 0.4) is 0 Å². The summed E-state index contributed by atoms with van der Waals surface area (Å²) in [6.45, 7) is 4.57. The lowest BCUT2D eigenvalue weighted by molar-refractivity contribution is 0.222. The molecule has 164 valence electrons. The van der Waals surface area contributed by atoms with E-state index in [-0.39, 0.29) is 4.90 Å². The van der Waals surface area contributed by atoms with Crippen LogP contribution in [0.1, 0.15) is 18.4 Å². The molecule has 0 saturated carbocycles. The highest BCUT2D eigenvalue weighted by molar-refractivity contribution is 7.98. The van der Waals surface area contributed by atoms with E-state index in [2.05, 4.69) is 39.1 Å². The molecule has 2 aromatic heterocycles. The van der Waals surface area contributed by atoms with Gasteiger partial charge in [0.25, 0.3) is 0 Å². The first-order chi connectivity index (χ1) is 15.0. The summed E-state index contributed by atoms with van der Waals surface area (Å²) in [7, 11) is -1.52. The van der Waals surface area contributed by atoms with Gasteiger partial charge in [0.2, 0.25) is 21.7 Å². The maximum atomic E-state index is 12.8. The average molecular weight is 460 g/mol. The maximum Gasteiger partial charge on any atom is 0.244 e. The third kappa shape index (κ3) is 5.15. The third-order valence-corrected chi connectivity index (χ3v) is 8.05. The number of pyridine rings is 1. The minimum absolute atomic E-state index is 0.219. The van der Waals surface area contributed by atoms with Crippen molar-refractivity contribution in [2.45, 2.75) is 29.0 Å². The molecule has 1 aliphatic rings. The predicted octanol–water partition coefficient (Wildman–Crippen LogP) is 2.92. The van der Waals surface area contributed by atoms with Crippen molar-refractivity contribution in [2.24, 2.45) is 0 Å². The standard InChI is InChI=1S/C21H25N5O3S2/c1-3-16-4-6-17(7-5-16)21-23-19(29-24-21)15-30-20-9-8-18(14-22-20)31(27,28)26-12-10-25(2)11-13-26/h4-9,14H,3,10-13,15H2,1-2H3. The number of rotatable bonds is 7. The van der Waals surface area contributed by atoms with Gasteiger partial charge >= 0.3 is 0 Å². The summed E-state index contributed by atoms with van der Waals surface area (Å²) in [5, 5.41) is 4.75. The van der Waals surface area contributed by atoms with Gasteiger partial charge in [0.05, 0.1) is 10.8 Å². The van der Waals surface area contributed by atoms with Crippen molar-refractivity contribution < 1.29 is 12.9 Å². The minimum atomic E-state index is -3.51. The molecule has 31 heavy (non-hydrogen) atoms. The number of piperazine rings is 1. The highest BCUT2D eigenvalue weighted by Gasteiger charge is 2.27. The van der Waals surface area contributed by atoms with Gasteiger partial charge in [-0.05, 0) is 31.2 Å². The summed E-state index contributed by atoms with van der Waals surface area (Å²) in [6.07, 6.45) is 2.40. The highest BCUT2D eigenvalue weighted by Crippen LogP contribution is 2.24. The second kappa shape index (κ2) is 9.47. The Morgan fingerprint density at radius 2 is 1.81 bits per heavy atom. The summed E-state index contributed by atoms with van der Waals surface area (Å²) in [4.78, 5) is 11.1. The first kappa shape index (κ1) is 21.9. The number of hydrogen-bond donors (Lipinski definition) is 0. The molecule has 0 atom stereocenters. The fraction of sp³-hybridized carbons (Fsp3) is 0.381. The van der Waals surface area contributed by atoms with E-state index < -0.39 is 10.0 Å². The van der Waals surface area contributed by atoms with Crippen LogP contribution in [0.25, 0.3) is 11.4 Å². The van der Waals surface area contributed by atoms with Crippen molar-refractivity contribution in [1.29, 1.82) is 0 Å². The molecule has 1 aliphatic heterocycles. The molecule has 0 spiro atoms. The van der Waals surface area contributed by atoms with E-state index in [9.17, 15) is 8.42 Å². The van der Waals surface area contributed by atoms with Gasteiger partial charge in [0.15, 0.2) is 0 Å².